The average molecular weight is 380 g/mol. The molecule has 134 valence electrons. The fourth-order valence-corrected chi connectivity index (χ4v) is 4.73. The lowest BCUT2D eigenvalue weighted by molar-refractivity contribution is 0.481. The number of ether oxygens (including phenoxy) is 1. The molecule has 0 saturated carbocycles. The van der Waals surface area contributed by atoms with Crippen LogP contribution in [0.25, 0.3) is 11.1 Å². The molecule has 4 heteroatoms. The number of anilines is 4. The van der Waals surface area contributed by atoms with Crippen LogP contribution in [0.1, 0.15) is 0 Å². The van der Waals surface area contributed by atoms with Gasteiger partial charge < -0.3 is 15.4 Å². The molecule has 0 unspecified atom stereocenters. The van der Waals surface area contributed by atoms with E-state index in [2.05, 4.69) is 65.2 Å². The Morgan fingerprint density at radius 2 is 1.39 bits per heavy atom. The maximum atomic E-state index is 6.05. The summed E-state index contributed by atoms with van der Waals surface area (Å²) < 4.78 is 6.05. The first kappa shape index (κ1) is 15.7. The van der Waals surface area contributed by atoms with E-state index in [-0.39, 0.29) is 0 Å². The first-order valence-corrected chi connectivity index (χ1v) is 10.0. The van der Waals surface area contributed by atoms with Crippen molar-refractivity contribution >= 4 is 34.5 Å². The van der Waals surface area contributed by atoms with Gasteiger partial charge in [0.05, 0.1) is 22.7 Å². The van der Waals surface area contributed by atoms with E-state index in [0.717, 1.165) is 39.8 Å². The maximum Gasteiger partial charge on any atom is 0.151 e. The van der Waals surface area contributed by atoms with Gasteiger partial charge in [0, 0.05) is 15.4 Å². The molecule has 3 nitrogen and oxygen atoms in total. The summed E-state index contributed by atoms with van der Waals surface area (Å²) in [4.78, 5) is 2.49. The summed E-state index contributed by atoms with van der Waals surface area (Å²) in [7, 11) is 0. The van der Waals surface area contributed by atoms with Crippen LogP contribution in [0, 0.1) is 0 Å². The highest BCUT2D eigenvalue weighted by Crippen LogP contribution is 2.49. The van der Waals surface area contributed by atoms with E-state index in [1.165, 1.54) is 15.4 Å². The van der Waals surface area contributed by atoms with Crippen LogP contribution in [-0.2, 0) is 0 Å². The second-order valence-electron chi connectivity index (χ2n) is 6.84. The quantitative estimate of drug-likeness (QED) is 0.311. The molecule has 0 aliphatic carbocycles. The predicted molar refractivity (Wildman–Crippen MR) is 116 cm³/mol. The summed E-state index contributed by atoms with van der Waals surface area (Å²) in [5.41, 5.74) is 6.62. The first-order chi connectivity index (χ1) is 13.8. The number of benzene rings is 4. The monoisotopic (exact) mass is 380 g/mol. The number of para-hydroxylation sites is 4. The van der Waals surface area contributed by atoms with E-state index >= 15 is 0 Å². The third kappa shape index (κ3) is 2.46. The lowest BCUT2D eigenvalue weighted by atomic mass is 10.0. The Balaban J connectivity index is 1.43. The van der Waals surface area contributed by atoms with Crippen molar-refractivity contribution in [1.29, 1.82) is 0 Å². The van der Waals surface area contributed by atoms with Crippen molar-refractivity contribution in [3.63, 3.8) is 0 Å². The van der Waals surface area contributed by atoms with E-state index < -0.39 is 0 Å². The predicted octanol–water partition coefficient (Wildman–Crippen LogP) is 7.41. The van der Waals surface area contributed by atoms with E-state index in [0.29, 0.717) is 0 Å². The Morgan fingerprint density at radius 3 is 2.36 bits per heavy atom. The van der Waals surface area contributed by atoms with Crippen LogP contribution in [0.4, 0.5) is 22.7 Å². The molecule has 0 amide bonds. The van der Waals surface area contributed by atoms with Gasteiger partial charge in [-0.25, -0.2) is 0 Å². The molecule has 6 rings (SSSR count). The molecule has 0 atom stereocenters. The van der Waals surface area contributed by atoms with Gasteiger partial charge in [-0.3, -0.25) is 0 Å². The van der Waals surface area contributed by atoms with Gasteiger partial charge in [-0.1, -0.05) is 54.2 Å². The van der Waals surface area contributed by atoms with Crippen molar-refractivity contribution in [2.75, 3.05) is 10.6 Å². The Hall–Kier alpha value is -3.37. The summed E-state index contributed by atoms with van der Waals surface area (Å²) >= 11 is 1.81. The zero-order valence-corrected chi connectivity index (χ0v) is 15.7. The average Bonchev–Trinajstić information content (AvgIpc) is 2.75. The number of nitrogens with one attached hydrogen (secondary N) is 2. The fourth-order valence-electron chi connectivity index (χ4n) is 3.70. The van der Waals surface area contributed by atoms with E-state index in [4.69, 9.17) is 4.74 Å². The van der Waals surface area contributed by atoms with Gasteiger partial charge in [-0.05, 0) is 48.0 Å². The molecule has 4 aromatic rings. The Bertz CT molecular complexity index is 1230. The number of fused-ring (bicyclic) bond motifs is 4. The van der Waals surface area contributed by atoms with Crippen molar-refractivity contribution in [1.82, 2.24) is 0 Å². The summed E-state index contributed by atoms with van der Waals surface area (Å²) in [6, 6.07) is 29.2. The third-order valence-corrected chi connectivity index (χ3v) is 6.20. The van der Waals surface area contributed by atoms with E-state index in [1.54, 1.807) is 0 Å². The van der Waals surface area contributed by atoms with Crippen LogP contribution < -0.4 is 15.4 Å². The lowest BCUT2D eigenvalue weighted by Gasteiger charge is -2.25. The molecule has 4 aromatic carbocycles. The molecular weight excluding hydrogens is 364 g/mol. The minimum absolute atomic E-state index is 0.847. The molecule has 0 saturated heterocycles. The Morgan fingerprint density at radius 1 is 0.607 bits per heavy atom. The summed E-state index contributed by atoms with van der Waals surface area (Å²) in [5, 5.41) is 7.13. The van der Waals surface area contributed by atoms with Gasteiger partial charge >= 0.3 is 0 Å². The zero-order valence-electron chi connectivity index (χ0n) is 14.9. The topological polar surface area (TPSA) is 33.3 Å². The molecule has 2 aliphatic rings. The summed E-state index contributed by atoms with van der Waals surface area (Å²) in [6.07, 6.45) is 0. The maximum absolute atomic E-state index is 6.05. The molecule has 0 spiro atoms. The molecule has 0 fully saturated rings. The summed E-state index contributed by atoms with van der Waals surface area (Å²) in [5.74, 6) is 1.70. The van der Waals surface area contributed by atoms with Crippen LogP contribution in [-0.4, -0.2) is 0 Å². The first-order valence-electron chi connectivity index (χ1n) is 9.20. The van der Waals surface area contributed by atoms with E-state index in [1.807, 2.05) is 42.1 Å². The molecule has 28 heavy (non-hydrogen) atoms. The van der Waals surface area contributed by atoms with Crippen LogP contribution in [0.5, 0.6) is 11.5 Å². The van der Waals surface area contributed by atoms with Gasteiger partial charge in [-0.2, -0.15) is 0 Å². The molecule has 2 N–H and O–H groups in total. The lowest BCUT2D eigenvalue weighted by Crippen LogP contribution is -2.04. The molecule has 0 aromatic heterocycles. The largest absolute Gasteiger partial charge is 0.453 e. The van der Waals surface area contributed by atoms with Crippen molar-refractivity contribution < 1.29 is 4.74 Å². The van der Waals surface area contributed by atoms with Gasteiger partial charge in [-0.15, -0.1) is 0 Å². The van der Waals surface area contributed by atoms with Crippen LogP contribution >= 0.6 is 11.8 Å². The SMILES string of the molecule is c1ccc2c(c1)Nc1cc(-c3cccc4c3Nc3ccccc3S4)ccc1O2. The third-order valence-electron chi connectivity index (χ3n) is 5.06. The Kier molecular flexibility index (Phi) is 3.40. The second kappa shape index (κ2) is 6.08. The van der Waals surface area contributed by atoms with Crippen LogP contribution in [0.15, 0.2) is 94.7 Å². The van der Waals surface area contributed by atoms with Crippen molar-refractivity contribution in [3.05, 3.63) is 84.9 Å². The molecular formula is C24H16N2OS. The molecule has 2 aliphatic heterocycles. The van der Waals surface area contributed by atoms with Gasteiger partial charge in [0.1, 0.15) is 0 Å². The van der Waals surface area contributed by atoms with Crippen molar-refractivity contribution in [3.8, 4) is 22.6 Å². The van der Waals surface area contributed by atoms with Gasteiger partial charge in [0.25, 0.3) is 0 Å². The molecule has 0 radical (unpaired) electrons. The number of hydrogen-bond donors (Lipinski definition) is 2. The highest BCUT2D eigenvalue weighted by Gasteiger charge is 2.21. The van der Waals surface area contributed by atoms with Crippen molar-refractivity contribution in [2.45, 2.75) is 9.79 Å². The van der Waals surface area contributed by atoms with Gasteiger partial charge in [0.2, 0.25) is 0 Å². The number of hydrogen-bond acceptors (Lipinski definition) is 4. The normalized spacial score (nSPS) is 13.0. The number of rotatable bonds is 1. The minimum atomic E-state index is 0.847. The van der Waals surface area contributed by atoms with Crippen LogP contribution in [0.3, 0.4) is 0 Å². The second-order valence-corrected chi connectivity index (χ2v) is 7.92. The van der Waals surface area contributed by atoms with Crippen molar-refractivity contribution in [2.24, 2.45) is 0 Å². The standard InChI is InChI=1S/C24H16N2OS/c1-3-9-20-17(7-1)25-19-14-15(12-13-21(19)27-20)16-6-5-11-23-24(16)26-18-8-2-4-10-22(18)28-23/h1-14,25-26H. The minimum Gasteiger partial charge on any atom is -0.453 e. The van der Waals surface area contributed by atoms with Gasteiger partial charge in [0.15, 0.2) is 11.5 Å². The van der Waals surface area contributed by atoms with Crippen LogP contribution in [0.2, 0.25) is 0 Å². The smallest absolute Gasteiger partial charge is 0.151 e. The zero-order chi connectivity index (χ0) is 18.5. The van der Waals surface area contributed by atoms with E-state index in [9.17, 15) is 0 Å². The highest BCUT2D eigenvalue weighted by molar-refractivity contribution is 7.99. The highest BCUT2D eigenvalue weighted by atomic mass is 32.2. The Labute approximate surface area is 167 Å². The fraction of sp³-hybridized carbons (Fsp3) is 0. The molecule has 2 heterocycles. The molecule has 0 bridgehead atoms. The summed E-state index contributed by atoms with van der Waals surface area (Å²) in [6.45, 7) is 0.